The Morgan fingerprint density at radius 3 is 2.58 bits per heavy atom. The van der Waals surface area contributed by atoms with Gasteiger partial charge < -0.3 is 9.64 Å². The van der Waals surface area contributed by atoms with Gasteiger partial charge in [-0.3, -0.25) is 4.79 Å². The van der Waals surface area contributed by atoms with E-state index in [9.17, 15) is 4.79 Å². The van der Waals surface area contributed by atoms with Gasteiger partial charge in [-0.05, 0) is 31.0 Å². The van der Waals surface area contributed by atoms with E-state index in [1.807, 2.05) is 12.1 Å². The summed E-state index contributed by atoms with van der Waals surface area (Å²) in [6.45, 7) is 8.27. The van der Waals surface area contributed by atoms with E-state index in [2.05, 4.69) is 18.7 Å². The number of ether oxygens (including phenoxy) is 1. The molecule has 4 heteroatoms. The fraction of sp³-hybridized carbons (Fsp3) is 0.533. The molecule has 0 bridgehead atoms. The molecule has 1 aromatic carbocycles. The summed E-state index contributed by atoms with van der Waals surface area (Å²) in [5, 5.41) is 0.510. The maximum Gasteiger partial charge on any atom is 0.161 e. The lowest BCUT2D eigenvalue weighted by atomic mass is 10.1. The number of carbonyl (C=O) groups is 1. The average Bonchev–Trinajstić information content (AvgIpc) is 2.33. The monoisotopic (exact) mass is 283 g/mol. The van der Waals surface area contributed by atoms with Gasteiger partial charge in [-0.15, -0.1) is 0 Å². The van der Waals surface area contributed by atoms with Crippen LogP contribution in [-0.4, -0.2) is 32.6 Å². The summed E-state index contributed by atoms with van der Waals surface area (Å²) in [5.74, 6) is 0.534. The van der Waals surface area contributed by atoms with Gasteiger partial charge in [0, 0.05) is 31.5 Å². The first-order valence-electron chi connectivity index (χ1n) is 6.50. The van der Waals surface area contributed by atoms with Crippen LogP contribution in [0.4, 0.5) is 5.69 Å². The zero-order valence-corrected chi connectivity index (χ0v) is 12.8. The van der Waals surface area contributed by atoms with Crippen LogP contribution in [0.3, 0.4) is 0 Å². The van der Waals surface area contributed by atoms with Crippen molar-refractivity contribution in [3.05, 3.63) is 28.8 Å². The third-order valence-electron chi connectivity index (χ3n) is 2.85. The van der Waals surface area contributed by atoms with E-state index in [4.69, 9.17) is 16.3 Å². The molecule has 0 aliphatic carbocycles. The number of halogens is 1. The number of benzene rings is 1. The largest absolute Gasteiger partial charge is 0.383 e. The first-order valence-corrected chi connectivity index (χ1v) is 6.88. The second-order valence-corrected chi connectivity index (χ2v) is 5.46. The molecule has 0 atom stereocenters. The lowest BCUT2D eigenvalue weighted by Gasteiger charge is -2.27. The number of methoxy groups -OCH3 is 1. The summed E-state index contributed by atoms with van der Waals surface area (Å²) in [6, 6.07) is 5.59. The number of carbonyl (C=O) groups excluding carboxylic acids is 1. The van der Waals surface area contributed by atoms with Crippen molar-refractivity contribution in [1.82, 2.24) is 0 Å². The molecule has 0 radical (unpaired) electrons. The zero-order valence-electron chi connectivity index (χ0n) is 12.1. The van der Waals surface area contributed by atoms with Gasteiger partial charge in [0.25, 0.3) is 0 Å². The summed E-state index contributed by atoms with van der Waals surface area (Å²) in [5.41, 5.74) is 1.60. The van der Waals surface area contributed by atoms with Crippen LogP contribution in [0.15, 0.2) is 18.2 Å². The third kappa shape index (κ3) is 4.84. The van der Waals surface area contributed by atoms with Crippen LogP contribution in [0.5, 0.6) is 0 Å². The van der Waals surface area contributed by atoms with Crippen LogP contribution in [-0.2, 0) is 4.74 Å². The number of anilines is 1. The van der Waals surface area contributed by atoms with Crippen molar-refractivity contribution >= 4 is 23.1 Å². The van der Waals surface area contributed by atoms with Crippen LogP contribution < -0.4 is 4.90 Å². The predicted octanol–water partition coefficient (Wildman–Crippen LogP) is 3.65. The maximum atomic E-state index is 11.4. The maximum absolute atomic E-state index is 11.4. The van der Waals surface area contributed by atoms with Crippen LogP contribution in [0.2, 0.25) is 5.02 Å². The summed E-state index contributed by atoms with van der Waals surface area (Å²) in [7, 11) is 1.69. The molecular weight excluding hydrogens is 262 g/mol. The number of Topliss-reactive ketones (excluding diaryl/α,β-unsaturated/α-hetero) is 1. The minimum Gasteiger partial charge on any atom is -0.383 e. The molecule has 0 spiro atoms. The number of rotatable bonds is 7. The number of ketones is 1. The summed E-state index contributed by atoms with van der Waals surface area (Å²) >= 11 is 6.16. The Labute approximate surface area is 120 Å². The Bertz CT molecular complexity index is 432. The molecule has 0 saturated carbocycles. The number of nitrogens with zero attached hydrogens (tertiary/aromatic N) is 1. The lowest BCUT2D eigenvalue weighted by Crippen LogP contribution is -2.31. The first kappa shape index (κ1) is 16.0. The summed E-state index contributed by atoms with van der Waals surface area (Å²) in [4.78, 5) is 13.6. The highest BCUT2D eigenvalue weighted by Gasteiger charge is 2.12. The van der Waals surface area contributed by atoms with Gasteiger partial charge >= 0.3 is 0 Å². The smallest absolute Gasteiger partial charge is 0.161 e. The molecule has 19 heavy (non-hydrogen) atoms. The van der Waals surface area contributed by atoms with E-state index in [-0.39, 0.29) is 5.78 Å². The highest BCUT2D eigenvalue weighted by atomic mass is 35.5. The van der Waals surface area contributed by atoms with Crippen LogP contribution in [0.1, 0.15) is 31.1 Å². The van der Waals surface area contributed by atoms with E-state index in [1.165, 1.54) is 6.92 Å². The Hall–Kier alpha value is -1.06. The van der Waals surface area contributed by atoms with E-state index in [0.29, 0.717) is 23.1 Å². The normalized spacial score (nSPS) is 10.8. The van der Waals surface area contributed by atoms with Crippen molar-refractivity contribution in [2.24, 2.45) is 5.92 Å². The second kappa shape index (κ2) is 7.51. The van der Waals surface area contributed by atoms with E-state index >= 15 is 0 Å². The van der Waals surface area contributed by atoms with Gasteiger partial charge in [0.05, 0.1) is 11.6 Å². The molecule has 1 aromatic rings. The molecule has 106 valence electrons. The quantitative estimate of drug-likeness (QED) is 0.716. The summed E-state index contributed by atoms with van der Waals surface area (Å²) in [6.07, 6.45) is 0. The minimum absolute atomic E-state index is 0.0103. The van der Waals surface area contributed by atoms with Crippen LogP contribution in [0, 0.1) is 5.92 Å². The molecule has 0 N–H and O–H groups in total. The molecule has 0 aromatic heterocycles. The van der Waals surface area contributed by atoms with Crippen LogP contribution >= 0.6 is 11.6 Å². The Kier molecular flexibility index (Phi) is 6.32. The lowest BCUT2D eigenvalue weighted by molar-refractivity contribution is 0.101. The van der Waals surface area contributed by atoms with Crippen molar-refractivity contribution in [2.75, 3.05) is 31.7 Å². The van der Waals surface area contributed by atoms with Crippen molar-refractivity contribution in [1.29, 1.82) is 0 Å². The number of hydrogen-bond acceptors (Lipinski definition) is 3. The van der Waals surface area contributed by atoms with Gasteiger partial charge in [0.2, 0.25) is 0 Å². The van der Waals surface area contributed by atoms with Crippen molar-refractivity contribution in [2.45, 2.75) is 20.8 Å². The van der Waals surface area contributed by atoms with Crippen molar-refractivity contribution in [3.8, 4) is 0 Å². The SMILES string of the molecule is COCCN(CC(C)C)c1ccc(C(C)=O)c(Cl)c1. The Morgan fingerprint density at radius 2 is 2.11 bits per heavy atom. The highest BCUT2D eigenvalue weighted by molar-refractivity contribution is 6.34. The molecule has 0 fully saturated rings. The van der Waals surface area contributed by atoms with E-state index < -0.39 is 0 Å². The molecule has 3 nitrogen and oxygen atoms in total. The van der Waals surface area contributed by atoms with Gasteiger partial charge in [-0.25, -0.2) is 0 Å². The van der Waals surface area contributed by atoms with Gasteiger partial charge in [-0.1, -0.05) is 25.4 Å². The Balaban J connectivity index is 2.95. The Morgan fingerprint density at radius 1 is 1.42 bits per heavy atom. The van der Waals surface area contributed by atoms with Gasteiger partial charge in [-0.2, -0.15) is 0 Å². The van der Waals surface area contributed by atoms with Gasteiger partial charge in [0.1, 0.15) is 0 Å². The van der Waals surface area contributed by atoms with Crippen molar-refractivity contribution in [3.63, 3.8) is 0 Å². The molecule has 0 aliphatic heterocycles. The van der Waals surface area contributed by atoms with Gasteiger partial charge in [0.15, 0.2) is 5.78 Å². The van der Waals surface area contributed by atoms with E-state index in [1.54, 1.807) is 13.2 Å². The minimum atomic E-state index is -0.0103. The fourth-order valence-corrected chi connectivity index (χ4v) is 2.26. The molecule has 0 aliphatic rings. The molecule has 0 saturated heterocycles. The molecule has 0 unspecified atom stereocenters. The second-order valence-electron chi connectivity index (χ2n) is 5.05. The standard InChI is InChI=1S/C15H22ClNO2/c1-11(2)10-17(7-8-19-4)13-5-6-14(12(3)18)15(16)9-13/h5-6,9,11H,7-8,10H2,1-4H3. The van der Waals surface area contributed by atoms with Crippen molar-refractivity contribution < 1.29 is 9.53 Å². The molecule has 0 heterocycles. The summed E-state index contributed by atoms with van der Waals surface area (Å²) < 4.78 is 5.14. The fourth-order valence-electron chi connectivity index (χ4n) is 1.95. The van der Waals surface area contributed by atoms with E-state index in [0.717, 1.165) is 18.8 Å². The topological polar surface area (TPSA) is 29.5 Å². The predicted molar refractivity (Wildman–Crippen MR) is 80.4 cm³/mol. The molecule has 1 rings (SSSR count). The highest BCUT2D eigenvalue weighted by Crippen LogP contribution is 2.24. The number of hydrogen-bond donors (Lipinski definition) is 0. The molecule has 0 amide bonds. The van der Waals surface area contributed by atoms with Crippen LogP contribution in [0.25, 0.3) is 0 Å². The zero-order chi connectivity index (χ0) is 14.4. The first-order chi connectivity index (χ1) is 8.95. The average molecular weight is 284 g/mol. The third-order valence-corrected chi connectivity index (χ3v) is 3.16. The molecular formula is C15H22ClNO2.